The molecule has 1 aliphatic heterocycles. The number of aromatic nitrogens is 2. The lowest BCUT2D eigenvalue weighted by atomic mass is 9.85. The molecule has 0 bridgehead atoms. The van der Waals surface area contributed by atoms with Gasteiger partial charge >= 0.3 is 6.01 Å². The molecule has 4 N–H and O–H groups in total. The number of nitrogen functional groups attached to an aromatic ring is 1. The monoisotopic (exact) mass is 461 g/mol. The van der Waals surface area contributed by atoms with Crippen LogP contribution in [0.25, 0.3) is 0 Å². The molecule has 8 nitrogen and oxygen atoms in total. The molecule has 11 heteroatoms. The minimum atomic E-state index is -1.34. The number of halogens is 2. The van der Waals surface area contributed by atoms with Gasteiger partial charge in [-0.25, -0.2) is 0 Å². The quantitative estimate of drug-likeness (QED) is 0.575. The lowest BCUT2D eigenvalue weighted by Gasteiger charge is -2.37. The van der Waals surface area contributed by atoms with E-state index in [1.54, 1.807) is 6.07 Å². The summed E-state index contributed by atoms with van der Waals surface area (Å²) in [4.78, 5) is 6.06. The van der Waals surface area contributed by atoms with Crippen molar-refractivity contribution in [2.75, 3.05) is 23.7 Å². The SMILES string of the molecule is CC(C)(C)[S@+]([O-])N[C@@H](c1cc(Cl)c(Cl)cc1O)C1CCN(c2noc(N)n2)CC1. The zero-order chi connectivity index (χ0) is 21.3. The number of nitrogens with one attached hydrogen (secondary N) is 1. The van der Waals surface area contributed by atoms with Crippen molar-refractivity contribution in [1.29, 1.82) is 0 Å². The molecular formula is C18H25Cl2N5O3S. The zero-order valence-corrected chi connectivity index (χ0v) is 18.8. The first-order chi connectivity index (χ1) is 13.6. The van der Waals surface area contributed by atoms with Gasteiger partial charge in [-0.3, -0.25) is 0 Å². The van der Waals surface area contributed by atoms with Crippen molar-refractivity contribution in [2.24, 2.45) is 5.92 Å². The molecule has 160 valence electrons. The first-order valence-electron chi connectivity index (χ1n) is 9.26. The number of piperidine rings is 1. The highest BCUT2D eigenvalue weighted by atomic mass is 35.5. The van der Waals surface area contributed by atoms with Crippen LogP contribution in [-0.4, -0.2) is 37.6 Å². The van der Waals surface area contributed by atoms with Gasteiger partial charge < -0.3 is 24.8 Å². The van der Waals surface area contributed by atoms with Gasteiger partial charge in [0.25, 0.3) is 5.95 Å². The van der Waals surface area contributed by atoms with E-state index >= 15 is 0 Å². The van der Waals surface area contributed by atoms with Gasteiger partial charge in [0.15, 0.2) is 0 Å². The van der Waals surface area contributed by atoms with Crippen LogP contribution in [0.1, 0.15) is 45.2 Å². The highest BCUT2D eigenvalue weighted by molar-refractivity contribution is 7.90. The Kier molecular flexibility index (Phi) is 6.74. The summed E-state index contributed by atoms with van der Waals surface area (Å²) in [7, 11) is 0. The summed E-state index contributed by atoms with van der Waals surface area (Å²) >= 11 is 10.9. The van der Waals surface area contributed by atoms with E-state index in [0.717, 1.165) is 12.8 Å². The number of hydrogen-bond donors (Lipinski definition) is 3. The van der Waals surface area contributed by atoms with E-state index in [1.165, 1.54) is 6.07 Å². The second kappa shape index (κ2) is 8.77. The maximum Gasteiger partial charge on any atom is 0.320 e. The molecule has 0 saturated carbocycles. The number of benzene rings is 1. The average Bonchev–Trinajstić information content (AvgIpc) is 3.08. The first kappa shape index (κ1) is 22.3. The minimum absolute atomic E-state index is 0.0242. The molecule has 0 spiro atoms. The van der Waals surface area contributed by atoms with Gasteiger partial charge in [-0.05, 0) is 50.8 Å². The van der Waals surface area contributed by atoms with Gasteiger partial charge in [-0.15, -0.1) is 4.72 Å². The van der Waals surface area contributed by atoms with Gasteiger partial charge in [-0.2, -0.15) is 4.98 Å². The van der Waals surface area contributed by atoms with Crippen molar-refractivity contribution in [3.05, 3.63) is 27.7 Å². The van der Waals surface area contributed by atoms with Crippen LogP contribution in [0.15, 0.2) is 16.7 Å². The lowest BCUT2D eigenvalue weighted by molar-refractivity contribution is 0.314. The molecule has 1 saturated heterocycles. The lowest BCUT2D eigenvalue weighted by Crippen LogP contribution is -2.45. The van der Waals surface area contributed by atoms with E-state index in [0.29, 0.717) is 29.6 Å². The van der Waals surface area contributed by atoms with Crippen molar-refractivity contribution in [3.8, 4) is 5.75 Å². The molecule has 1 aliphatic rings. The van der Waals surface area contributed by atoms with E-state index in [1.807, 2.05) is 25.7 Å². The molecule has 1 aromatic heterocycles. The fourth-order valence-corrected chi connectivity index (χ4v) is 4.53. The van der Waals surface area contributed by atoms with Crippen LogP contribution in [0.4, 0.5) is 12.0 Å². The van der Waals surface area contributed by atoms with Crippen molar-refractivity contribution >= 4 is 46.5 Å². The average molecular weight is 462 g/mol. The Morgan fingerprint density at radius 1 is 1.31 bits per heavy atom. The van der Waals surface area contributed by atoms with Crippen LogP contribution in [0.5, 0.6) is 5.75 Å². The Morgan fingerprint density at radius 2 is 1.93 bits per heavy atom. The molecular weight excluding hydrogens is 437 g/mol. The second-order valence-electron chi connectivity index (χ2n) is 8.06. The predicted molar refractivity (Wildman–Crippen MR) is 116 cm³/mol. The van der Waals surface area contributed by atoms with Gasteiger partial charge in [0.05, 0.1) is 16.1 Å². The molecule has 2 atom stereocenters. The number of rotatable bonds is 5. The van der Waals surface area contributed by atoms with Gasteiger partial charge in [0.1, 0.15) is 10.5 Å². The standard InChI is InChI=1S/C18H25Cl2N5O3S/c1-18(2,3)29(27)24-15(11-8-12(19)13(20)9-14(11)26)10-4-6-25(7-5-10)17-22-16(21)28-23-17/h8-10,15,24,26H,4-7H2,1-3H3,(H2,21,22,23)/t15-,29+/m1/s1. The molecule has 0 radical (unpaired) electrons. The van der Waals surface area contributed by atoms with Crippen molar-refractivity contribution in [1.82, 2.24) is 14.9 Å². The smallest absolute Gasteiger partial charge is 0.320 e. The number of anilines is 2. The maximum atomic E-state index is 12.8. The molecule has 2 aromatic rings. The number of phenols is 1. The zero-order valence-electron chi connectivity index (χ0n) is 16.5. The molecule has 0 amide bonds. The van der Waals surface area contributed by atoms with Crippen molar-refractivity contribution < 1.29 is 14.2 Å². The van der Waals surface area contributed by atoms with E-state index in [-0.39, 0.29) is 28.7 Å². The third kappa shape index (κ3) is 5.21. The Morgan fingerprint density at radius 3 is 2.48 bits per heavy atom. The Labute approximate surface area is 183 Å². The fraction of sp³-hybridized carbons (Fsp3) is 0.556. The molecule has 1 fully saturated rings. The molecule has 29 heavy (non-hydrogen) atoms. The summed E-state index contributed by atoms with van der Waals surface area (Å²) in [6, 6.07) is 2.74. The summed E-state index contributed by atoms with van der Waals surface area (Å²) in [5, 5.41) is 15.0. The van der Waals surface area contributed by atoms with Crippen LogP contribution >= 0.6 is 23.2 Å². The van der Waals surface area contributed by atoms with Crippen LogP contribution in [-0.2, 0) is 11.4 Å². The molecule has 2 heterocycles. The summed E-state index contributed by atoms with van der Waals surface area (Å²) in [5.41, 5.74) is 6.10. The van der Waals surface area contributed by atoms with Gasteiger partial charge in [0, 0.05) is 36.1 Å². The summed E-state index contributed by atoms with van der Waals surface area (Å²) in [5.74, 6) is 0.585. The Balaban J connectivity index is 1.83. The van der Waals surface area contributed by atoms with Gasteiger partial charge in [-0.1, -0.05) is 23.2 Å². The van der Waals surface area contributed by atoms with Crippen molar-refractivity contribution in [3.63, 3.8) is 0 Å². The summed E-state index contributed by atoms with van der Waals surface area (Å²) < 4.78 is 20.4. The normalized spacial score (nSPS) is 18.1. The minimum Gasteiger partial charge on any atom is -0.598 e. The largest absolute Gasteiger partial charge is 0.598 e. The van der Waals surface area contributed by atoms with Crippen molar-refractivity contribution in [2.45, 2.75) is 44.4 Å². The number of nitrogens with two attached hydrogens (primary N) is 1. The number of hydrogen-bond acceptors (Lipinski definition) is 8. The topological polar surface area (TPSA) is 123 Å². The highest BCUT2D eigenvalue weighted by Crippen LogP contribution is 2.40. The van der Waals surface area contributed by atoms with Crippen LogP contribution in [0.3, 0.4) is 0 Å². The highest BCUT2D eigenvalue weighted by Gasteiger charge is 2.37. The number of nitrogens with zero attached hydrogens (tertiary/aromatic N) is 3. The maximum absolute atomic E-state index is 12.8. The third-order valence-electron chi connectivity index (χ3n) is 4.92. The Bertz CT molecular complexity index is 853. The molecule has 1 aromatic carbocycles. The number of phenolic OH excluding ortho intramolecular Hbond substituents is 1. The summed E-state index contributed by atoms with van der Waals surface area (Å²) in [6.07, 6.45) is 1.51. The van der Waals surface area contributed by atoms with E-state index in [2.05, 4.69) is 14.9 Å². The third-order valence-corrected chi connectivity index (χ3v) is 7.22. The first-order valence-corrected chi connectivity index (χ1v) is 11.2. The van der Waals surface area contributed by atoms with Gasteiger partial charge in [0.2, 0.25) is 0 Å². The molecule has 3 rings (SSSR count). The Hall–Kier alpha value is -1.39. The van der Waals surface area contributed by atoms with Crippen LogP contribution in [0.2, 0.25) is 10.0 Å². The fourth-order valence-electron chi connectivity index (χ4n) is 3.29. The number of aromatic hydroxyl groups is 1. The second-order valence-corrected chi connectivity index (χ2v) is 10.9. The van der Waals surface area contributed by atoms with E-state index < -0.39 is 16.1 Å². The predicted octanol–water partition coefficient (Wildman–Crippen LogP) is 3.67. The summed E-state index contributed by atoms with van der Waals surface area (Å²) in [6.45, 7) is 7.03. The van der Waals surface area contributed by atoms with Crippen LogP contribution < -0.4 is 15.4 Å². The molecule has 0 unspecified atom stereocenters. The van der Waals surface area contributed by atoms with Crippen LogP contribution in [0, 0.1) is 5.92 Å². The molecule has 0 aliphatic carbocycles. The van der Waals surface area contributed by atoms with E-state index in [9.17, 15) is 9.66 Å². The van der Waals surface area contributed by atoms with E-state index in [4.69, 9.17) is 33.5 Å².